The van der Waals surface area contributed by atoms with Crippen LogP contribution in [0.15, 0.2) is 12.1 Å². The number of fused-ring (bicyclic) bond motifs is 1. The van der Waals surface area contributed by atoms with Crippen molar-refractivity contribution in [2.45, 2.75) is 59.9 Å². The van der Waals surface area contributed by atoms with Gasteiger partial charge in [0.05, 0.1) is 0 Å². The van der Waals surface area contributed by atoms with Gasteiger partial charge < -0.3 is 5.32 Å². The molecule has 1 aromatic rings. The smallest absolute Gasteiger partial charge is 0.0328 e. The van der Waals surface area contributed by atoms with E-state index in [0.29, 0.717) is 11.5 Å². The van der Waals surface area contributed by atoms with Gasteiger partial charge >= 0.3 is 0 Å². The minimum Gasteiger partial charge on any atom is -0.310 e. The third-order valence-corrected chi connectivity index (χ3v) is 4.41. The second kappa shape index (κ2) is 5.05. The van der Waals surface area contributed by atoms with Gasteiger partial charge in [0.15, 0.2) is 0 Å². The summed E-state index contributed by atoms with van der Waals surface area (Å²) in [5.74, 6) is 0. The van der Waals surface area contributed by atoms with Gasteiger partial charge in [-0.15, -0.1) is 0 Å². The zero-order valence-corrected chi connectivity index (χ0v) is 12.6. The molecule has 0 aliphatic heterocycles. The molecule has 100 valence electrons. The van der Waals surface area contributed by atoms with Gasteiger partial charge in [0.25, 0.3) is 0 Å². The molecule has 0 saturated carbocycles. The second-order valence-corrected chi connectivity index (χ2v) is 6.61. The Balaban J connectivity index is 2.44. The van der Waals surface area contributed by atoms with Crippen molar-refractivity contribution >= 4 is 0 Å². The normalized spacial score (nSPS) is 22.4. The maximum absolute atomic E-state index is 3.68. The van der Waals surface area contributed by atoms with Gasteiger partial charge in [0.1, 0.15) is 0 Å². The van der Waals surface area contributed by atoms with Crippen LogP contribution in [-0.4, -0.2) is 6.54 Å². The average Bonchev–Trinajstić information content (AvgIpc) is 2.39. The Bertz CT molecular complexity index is 431. The molecule has 1 aromatic carbocycles. The molecule has 1 heteroatoms. The fraction of sp³-hybridized carbons (Fsp3) is 0.647. The first-order valence-corrected chi connectivity index (χ1v) is 7.26. The predicted octanol–water partition coefficient (Wildman–Crippen LogP) is 4.32. The van der Waals surface area contributed by atoms with Gasteiger partial charge in [-0.25, -0.2) is 0 Å². The molecule has 0 fully saturated rings. The Morgan fingerprint density at radius 2 is 1.89 bits per heavy atom. The summed E-state index contributed by atoms with van der Waals surface area (Å²) >= 11 is 0. The molecule has 1 N–H and O–H groups in total. The summed E-state index contributed by atoms with van der Waals surface area (Å²) in [6, 6.07) is 5.36. The molecular formula is C17H27N. The van der Waals surface area contributed by atoms with Crippen molar-refractivity contribution in [1.82, 2.24) is 5.32 Å². The summed E-state index contributed by atoms with van der Waals surface area (Å²) in [5, 5.41) is 3.68. The van der Waals surface area contributed by atoms with E-state index in [9.17, 15) is 0 Å². The fourth-order valence-electron chi connectivity index (χ4n) is 3.11. The van der Waals surface area contributed by atoms with Gasteiger partial charge in [0, 0.05) is 6.04 Å². The Kier molecular flexibility index (Phi) is 3.82. The lowest BCUT2D eigenvalue weighted by atomic mass is 9.83. The number of rotatable bonds is 2. The molecule has 1 aliphatic carbocycles. The predicted molar refractivity (Wildman–Crippen MR) is 79.1 cm³/mol. The van der Waals surface area contributed by atoms with Crippen LogP contribution in [0.5, 0.6) is 0 Å². The highest BCUT2D eigenvalue weighted by atomic mass is 14.9. The molecule has 0 spiro atoms. The lowest BCUT2D eigenvalue weighted by molar-refractivity contribution is 0.275. The first-order valence-electron chi connectivity index (χ1n) is 7.26. The highest BCUT2D eigenvalue weighted by Gasteiger charge is 2.29. The summed E-state index contributed by atoms with van der Waals surface area (Å²) < 4.78 is 0. The highest BCUT2D eigenvalue weighted by molar-refractivity contribution is 5.40. The summed E-state index contributed by atoms with van der Waals surface area (Å²) in [7, 11) is 0. The Morgan fingerprint density at radius 1 is 1.22 bits per heavy atom. The van der Waals surface area contributed by atoms with Crippen molar-refractivity contribution in [3.05, 3.63) is 34.4 Å². The molecule has 18 heavy (non-hydrogen) atoms. The van der Waals surface area contributed by atoms with Crippen molar-refractivity contribution in [3.8, 4) is 0 Å². The largest absolute Gasteiger partial charge is 0.310 e. The molecule has 2 rings (SSSR count). The highest BCUT2D eigenvalue weighted by Crippen LogP contribution is 2.40. The lowest BCUT2D eigenvalue weighted by Crippen LogP contribution is -2.25. The second-order valence-electron chi connectivity index (χ2n) is 6.61. The fourth-order valence-corrected chi connectivity index (χ4v) is 3.11. The molecule has 1 unspecified atom stereocenters. The van der Waals surface area contributed by atoms with Gasteiger partial charge in [-0.05, 0) is 67.3 Å². The van der Waals surface area contributed by atoms with E-state index in [-0.39, 0.29) is 0 Å². The van der Waals surface area contributed by atoms with E-state index in [1.54, 1.807) is 11.1 Å². The minimum absolute atomic E-state index is 0.438. The van der Waals surface area contributed by atoms with E-state index in [4.69, 9.17) is 0 Å². The van der Waals surface area contributed by atoms with Crippen LogP contribution in [0.1, 0.15) is 61.9 Å². The monoisotopic (exact) mass is 245 g/mol. The van der Waals surface area contributed by atoms with Crippen LogP contribution in [-0.2, 0) is 6.42 Å². The van der Waals surface area contributed by atoms with Crippen LogP contribution in [0.4, 0.5) is 0 Å². The molecule has 1 nitrogen and oxygen atoms in total. The Morgan fingerprint density at radius 3 is 2.56 bits per heavy atom. The van der Waals surface area contributed by atoms with Crippen LogP contribution in [0, 0.1) is 19.3 Å². The number of nitrogens with one attached hydrogen (secondary N) is 1. The summed E-state index contributed by atoms with van der Waals surface area (Å²) in [6.07, 6.45) is 3.77. The molecule has 0 aromatic heterocycles. The maximum atomic E-state index is 3.68. The summed E-state index contributed by atoms with van der Waals surface area (Å²) in [6.45, 7) is 12.5. The quantitative estimate of drug-likeness (QED) is 0.765. The third-order valence-electron chi connectivity index (χ3n) is 4.41. The number of hydrogen-bond acceptors (Lipinski definition) is 1. The molecule has 0 bridgehead atoms. The molecule has 0 radical (unpaired) electrons. The van der Waals surface area contributed by atoms with E-state index in [2.05, 4.69) is 52.1 Å². The van der Waals surface area contributed by atoms with E-state index < -0.39 is 0 Å². The van der Waals surface area contributed by atoms with Gasteiger partial charge in [0.2, 0.25) is 0 Å². The Hall–Kier alpha value is -0.820. The van der Waals surface area contributed by atoms with Crippen LogP contribution in [0.2, 0.25) is 0 Å². The van der Waals surface area contributed by atoms with Gasteiger partial charge in [-0.2, -0.15) is 0 Å². The molecule has 1 atom stereocenters. The van der Waals surface area contributed by atoms with E-state index in [1.165, 1.54) is 30.4 Å². The van der Waals surface area contributed by atoms with Crippen molar-refractivity contribution in [2.24, 2.45) is 5.41 Å². The topological polar surface area (TPSA) is 12.0 Å². The van der Waals surface area contributed by atoms with E-state index in [1.807, 2.05) is 0 Å². The van der Waals surface area contributed by atoms with Gasteiger partial charge in [-0.1, -0.05) is 32.9 Å². The van der Waals surface area contributed by atoms with Crippen LogP contribution < -0.4 is 5.32 Å². The maximum Gasteiger partial charge on any atom is 0.0328 e. The molecule has 1 aliphatic rings. The number of hydrogen-bond donors (Lipinski definition) is 1. The van der Waals surface area contributed by atoms with Crippen molar-refractivity contribution in [2.75, 3.05) is 6.54 Å². The standard InChI is InChI=1S/C17H27N/c1-6-18-16-11-17(4,5)8-7-14-9-12(2)13(3)10-15(14)16/h9-10,16,18H,6-8,11H2,1-5H3. The summed E-state index contributed by atoms with van der Waals surface area (Å²) in [5.41, 5.74) is 6.41. The van der Waals surface area contributed by atoms with Crippen molar-refractivity contribution in [1.29, 1.82) is 0 Å². The van der Waals surface area contributed by atoms with Crippen LogP contribution >= 0.6 is 0 Å². The number of benzene rings is 1. The SMILES string of the molecule is CCNC1CC(C)(C)CCc2cc(C)c(C)cc21. The Labute approximate surface area is 112 Å². The number of aryl methyl sites for hydroxylation is 3. The molecular weight excluding hydrogens is 218 g/mol. The first-order chi connectivity index (χ1) is 8.43. The molecule has 0 heterocycles. The first kappa shape index (κ1) is 13.6. The zero-order chi connectivity index (χ0) is 13.3. The zero-order valence-electron chi connectivity index (χ0n) is 12.6. The van der Waals surface area contributed by atoms with Crippen molar-refractivity contribution in [3.63, 3.8) is 0 Å². The average molecular weight is 245 g/mol. The van der Waals surface area contributed by atoms with Crippen LogP contribution in [0.3, 0.4) is 0 Å². The van der Waals surface area contributed by atoms with Gasteiger partial charge in [-0.3, -0.25) is 0 Å². The van der Waals surface area contributed by atoms with E-state index >= 15 is 0 Å². The molecule has 0 amide bonds. The minimum atomic E-state index is 0.438. The summed E-state index contributed by atoms with van der Waals surface area (Å²) in [4.78, 5) is 0. The van der Waals surface area contributed by atoms with Crippen LogP contribution in [0.25, 0.3) is 0 Å². The van der Waals surface area contributed by atoms with Crippen molar-refractivity contribution < 1.29 is 0 Å². The van der Waals surface area contributed by atoms with E-state index in [0.717, 1.165) is 6.54 Å². The lowest BCUT2D eigenvalue weighted by Gasteiger charge is -2.27. The third kappa shape index (κ3) is 2.77. The molecule has 0 saturated heterocycles.